The van der Waals surface area contributed by atoms with E-state index in [1.165, 1.54) is 0 Å². The van der Waals surface area contributed by atoms with Crippen LogP contribution in [0.4, 0.5) is 10.5 Å². The Morgan fingerprint density at radius 3 is 2.12 bits per heavy atom. The van der Waals surface area contributed by atoms with Gasteiger partial charge in [-0.05, 0) is 36.4 Å². The van der Waals surface area contributed by atoms with Crippen molar-refractivity contribution in [3.8, 4) is 5.75 Å². The lowest BCUT2D eigenvalue weighted by atomic mass is 10.1. The van der Waals surface area contributed by atoms with E-state index in [9.17, 15) is 14.4 Å². The fourth-order valence-corrected chi connectivity index (χ4v) is 2.38. The summed E-state index contributed by atoms with van der Waals surface area (Å²) in [6, 6.07) is 12.8. The quantitative estimate of drug-likeness (QED) is 0.842. The number of methoxy groups -OCH3 is 1. The van der Waals surface area contributed by atoms with Gasteiger partial charge in [0.25, 0.3) is 11.8 Å². The number of hydrogen-bond donors (Lipinski definition) is 2. The number of nitrogens with one attached hydrogen (secondary N) is 2. The lowest BCUT2D eigenvalue weighted by Crippen LogP contribution is -2.42. The molecule has 0 unspecified atom stereocenters. The zero-order chi connectivity index (χ0) is 17.1. The molecule has 2 N–H and O–H groups in total. The van der Waals surface area contributed by atoms with E-state index in [1.807, 2.05) is 0 Å². The molecule has 0 saturated carbocycles. The van der Waals surface area contributed by atoms with Crippen LogP contribution in [0.2, 0.25) is 0 Å². The van der Waals surface area contributed by atoms with Crippen molar-refractivity contribution < 1.29 is 19.1 Å². The highest BCUT2D eigenvalue weighted by Gasteiger charge is 2.35. The normalized spacial score (nSPS) is 12.8. The average molecular weight is 325 g/mol. The summed E-state index contributed by atoms with van der Waals surface area (Å²) < 4.78 is 5.03. The van der Waals surface area contributed by atoms with Gasteiger partial charge in [-0.25, -0.2) is 4.79 Å². The van der Waals surface area contributed by atoms with Crippen LogP contribution in [0.15, 0.2) is 48.5 Å². The lowest BCUT2D eigenvalue weighted by Gasteiger charge is -2.15. The number of carbonyl (C=O) groups is 3. The summed E-state index contributed by atoms with van der Waals surface area (Å²) in [5.41, 5.74) is 1.26. The topological polar surface area (TPSA) is 87.7 Å². The van der Waals surface area contributed by atoms with E-state index < -0.39 is 17.8 Å². The Balaban J connectivity index is 1.59. The zero-order valence-corrected chi connectivity index (χ0v) is 12.9. The number of ether oxygens (including phenoxy) is 1. The van der Waals surface area contributed by atoms with Crippen molar-refractivity contribution in [1.29, 1.82) is 0 Å². The minimum atomic E-state index is -0.517. The molecular formula is C17H15N3O4. The van der Waals surface area contributed by atoms with Gasteiger partial charge in [0.1, 0.15) is 12.4 Å². The first-order valence-electron chi connectivity index (χ1n) is 7.24. The molecule has 0 radical (unpaired) electrons. The molecule has 4 amide bonds. The first-order valence-corrected chi connectivity index (χ1v) is 7.24. The molecule has 1 heterocycles. The molecule has 7 heteroatoms. The third-order valence-corrected chi connectivity index (χ3v) is 3.62. The van der Waals surface area contributed by atoms with Crippen molar-refractivity contribution in [3.05, 3.63) is 59.7 Å². The van der Waals surface area contributed by atoms with Crippen LogP contribution < -0.4 is 15.4 Å². The molecule has 1 aliphatic heterocycles. The Morgan fingerprint density at radius 1 is 1.00 bits per heavy atom. The van der Waals surface area contributed by atoms with Gasteiger partial charge in [0.05, 0.1) is 18.2 Å². The highest BCUT2D eigenvalue weighted by atomic mass is 16.5. The molecule has 3 rings (SSSR count). The number of amides is 4. The first-order chi connectivity index (χ1) is 11.6. The number of benzene rings is 2. The largest absolute Gasteiger partial charge is 0.497 e. The van der Waals surface area contributed by atoms with Crippen LogP contribution in [-0.4, -0.2) is 36.5 Å². The van der Waals surface area contributed by atoms with E-state index in [4.69, 9.17) is 4.74 Å². The van der Waals surface area contributed by atoms with E-state index >= 15 is 0 Å². The van der Waals surface area contributed by atoms with Gasteiger partial charge in [0, 0.05) is 5.69 Å². The van der Waals surface area contributed by atoms with Crippen LogP contribution in [0, 0.1) is 0 Å². The van der Waals surface area contributed by atoms with Gasteiger partial charge in [0.2, 0.25) is 0 Å². The number of urea groups is 1. The van der Waals surface area contributed by atoms with Gasteiger partial charge >= 0.3 is 6.03 Å². The highest BCUT2D eigenvalue weighted by Crippen LogP contribution is 2.21. The fraction of sp³-hybridized carbons (Fsp3) is 0.118. The SMILES string of the molecule is COc1ccc(NC(=O)NCN2C(=O)c3ccccc3C2=O)cc1. The summed E-state index contributed by atoms with van der Waals surface area (Å²) in [5, 5.41) is 5.11. The van der Waals surface area contributed by atoms with Gasteiger partial charge in [-0.2, -0.15) is 0 Å². The fourth-order valence-electron chi connectivity index (χ4n) is 2.38. The van der Waals surface area contributed by atoms with Crippen LogP contribution in [-0.2, 0) is 0 Å². The summed E-state index contributed by atoms with van der Waals surface area (Å²) in [4.78, 5) is 37.2. The summed E-state index contributed by atoms with van der Waals surface area (Å²) in [5.74, 6) is -0.160. The van der Waals surface area contributed by atoms with Gasteiger partial charge in [0.15, 0.2) is 0 Å². The molecule has 1 aliphatic rings. The number of carbonyl (C=O) groups excluding carboxylic acids is 3. The maximum atomic E-state index is 12.2. The number of nitrogens with zero attached hydrogens (tertiary/aromatic N) is 1. The number of anilines is 1. The Labute approximate surface area is 138 Å². The molecule has 0 aliphatic carbocycles. The molecule has 7 nitrogen and oxygen atoms in total. The van der Waals surface area contributed by atoms with E-state index in [0.29, 0.717) is 22.6 Å². The van der Waals surface area contributed by atoms with Crippen molar-refractivity contribution in [2.45, 2.75) is 0 Å². The minimum Gasteiger partial charge on any atom is -0.497 e. The molecule has 0 atom stereocenters. The monoisotopic (exact) mass is 325 g/mol. The van der Waals surface area contributed by atoms with Crippen LogP contribution in [0.1, 0.15) is 20.7 Å². The Hall–Kier alpha value is -3.35. The lowest BCUT2D eigenvalue weighted by molar-refractivity contribution is 0.0648. The van der Waals surface area contributed by atoms with Crippen molar-refractivity contribution in [2.24, 2.45) is 0 Å². The van der Waals surface area contributed by atoms with Crippen LogP contribution in [0.3, 0.4) is 0 Å². The summed E-state index contributed by atoms with van der Waals surface area (Å²) in [7, 11) is 1.55. The molecule has 122 valence electrons. The van der Waals surface area contributed by atoms with E-state index in [0.717, 1.165) is 4.90 Å². The molecule has 0 bridgehead atoms. The second kappa shape index (κ2) is 6.41. The second-order valence-electron chi connectivity index (χ2n) is 5.10. The molecule has 0 spiro atoms. The molecule has 0 aromatic heterocycles. The third kappa shape index (κ3) is 2.91. The van der Waals surface area contributed by atoms with E-state index in [1.54, 1.807) is 55.6 Å². The summed E-state index contributed by atoms with van der Waals surface area (Å²) in [6.45, 7) is -0.200. The number of rotatable bonds is 4. The third-order valence-electron chi connectivity index (χ3n) is 3.62. The number of hydrogen-bond acceptors (Lipinski definition) is 4. The van der Waals surface area contributed by atoms with Gasteiger partial charge in [-0.3, -0.25) is 14.5 Å². The zero-order valence-electron chi connectivity index (χ0n) is 12.9. The van der Waals surface area contributed by atoms with Crippen molar-refractivity contribution in [3.63, 3.8) is 0 Å². The molecule has 24 heavy (non-hydrogen) atoms. The molecule has 2 aromatic rings. The Morgan fingerprint density at radius 2 is 1.58 bits per heavy atom. The molecule has 2 aromatic carbocycles. The van der Waals surface area contributed by atoms with Crippen LogP contribution >= 0.6 is 0 Å². The predicted molar refractivity (Wildman–Crippen MR) is 87.0 cm³/mol. The van der Waals surface area contributed by atoms with E-state index in [2.05, 4.69) is 10.6 Å². The van der Waals surface area contributed by atoms with Crippen molar-refractivity contribution in [1.82, 2.24) is 10.2 Å². The first kappa shape index (κ1) is 15.5. The molecule has 0 fully saturated rings. The predicted octanol–water partition coefficient (Wildman–Crippen LogP) is 2.07. The second-order valence-corrected chi connectivity index (χ2v) is 5.10. The van der Waals surface area contributed by atoms with Crippen LogP contribution in [0.5, 0.6) is 5.75 Å². The standard InChI is InChI=1S/C17H15N3O4/c1-24-12-8-6-11(7-9-12)19-17(23)18-10-20-15(21)13-4-2-3-5-14(13)16(20)22/h2-9H,10H2,1H3,(H2,18,19,23). The average Bonchev–Trinajstić information content (AvgIpc) is 2.85. The Bertz CT molecular complexity index is 767. The Kier molecular flexibility index (Phi) is 4.15. The smallest absolute Gasteiger partial charge is 0.320 e. The van der Waals surface area contributed by atoms with Gasteiger partial charge in [-0.1, -0.05) is 12.1 Å². The number of imide groups is 1. The highest BCUT2D eigenvalue weighted by molar-refractivity contribution is 6.21. The van der Waals surface area contributed by atoms with Gasteiger partial charge in [-0.15, -0.1) is 0 Å². The maximum absolute atomic E-state index is 12.2. The molecule has 0 saturated heterocycles. The van der Waals surface area contributed by atoms with Crippen molar-refractivity contribution >= 4 is 23.5 Å². The van der Waals surface area contributed by atoms with Crippen molar-refractivity contribution in [2.75, 3.05) is 19.1 Å². The minimum absolute atomic E-state index is 0.200. The van der Waals surface area contributed by atoms with Gasteiger partial charge < -0.3 is 15.4 Å². The molecular weight excluding hydrogens is 310 g/mol. The van der Waals surface area contributed by atoms with E-state index in [-0.39, 0.29) is 6.67 Å². The summed E-state index contributed by atoms with van der Waals surface area (Å²) >= 11 is 0. The number of fused-ring (bicyclic) bond motifs is 1. The van der Waals surface area contributed by atoms with Crippen LogP contribution in [0.25, 0.3) is 0 Å². The summed E-state index contributed by atoms with van der Waals surface area (Å²) in [6.07, 6.45) is 0. The maximum Gasteiger partial charge on any atom is 0.320 e.